The molecule has 0 spiro atoms. The number of para-hydroxylation sites is 1. The van der Waals surface area contributed by atoms with Crippen molar-refractivity contribution < 1.29 is 10.0 Å². The van der Waals surface area contributed by atoms with Crippen molar-refractivity contribution in [3.8, 4) is 5.75 Å². The minimum atomic E-state index is -0.454. The molecule has 0 aliphatic heterocycles. The summed E-state index contributed by atoms with van der Waals surface area (Å²) in [7, 11) is 1.64. The molecule has 2 rings (SSSR count). The van der Waals surface area contributed by atoms with E-state index in [9.17, 15) is 15.2 Å². The van der Waals surface area contributed by atoms with E-state index in [0.29, 0.717) is 15.6 Å². The van der Waals surface area contributed by atoms with Crippen LogP contribution in [0.1, 0.15) is 5.69 Å². The average Bonchev–Trinajstić information content (AvgIpc) is 2.57. The number of nitro groups is 1. The molecule has 0 radical (unpaired) electrons. The molecule has 0 atom stereocenters. The third-order valence-corrected chi connectivity index (χ3v) is 3.61. The van der Waals surface area contributed by atoms with E-state index >= 15 is 0 Å². The van der Waals surface area contributed by atoms with Crippen molar-refractivity contribution in [2.45, 2.75) is 16.8 Å². The van der Waals surface area contributed by atoms with Gasteiger partial charge >= 0.3 is 5.69 Å². The third kappa shape index (κ3) is 2.17. The first-order valence-electron chi connectivity index (χ1n) is 5.14. The number of nitrogens with zero attached hydrogens (tertiary/aromatic N) is 3. The number of phenolic OH excluding ortho intramolecular Hbond substituents is 1. The summed E-state index contributed by atoms with van der Waals surface area (Å²) in [5.41, 5.74) is 0.339. The molecular weight excluding hydrogens is 254 g/mol. The first kappa shape index (κ1) is 12.4. The van der Waals surface area contributed by atoms with E-state index in [1.807, 2.05) is 0 Å². The molecule has 94 valence electrons. The zero-order valence-corrected chi connectivity index (χ0v) is 10.6. The molecule has 0 saturated carbocycles. The number of rotatable bonds is 3. The van der Waals surface area contributed by atoms with Crippen LogP contribution < -0.4 is 0 Å². The second kappa shape index (κ2) is 4.69. The first-order chi connectivity index (χ1) is 8.50. The summed E-state index contributed by atoms with van der Waals surface area (Å²) in [5.74, 6) is 0.0932. The highest BCUT2D eigenvalue weighted by Crippen LogP contribution is 2.39. The Morgan fingerprint density at radius 2 is 2.11 bits per heavy atom. The molecule has 0 bridgehead atoms. The lowest BCUT2D eigenvalue weighted by atomic mass is 10.3. The molecule has 1 heterocycles. The fourth-order valence-electron chi connectivity index (χ4n) is 1.60. The Morgan fingerprint density at radius 3 is 2.72 bits per heavy atom. The van der Waals surface area contributed by atoms with Gasteiger partial charge in [0.2, 0.25) is 0 Å². The quantitative estimate of drug-likeness (QED) is 0.681. The highest BCUT2D eigenvalue weighted by molar-refractivity contribution is 7.99. The van der Waals surface area contributed by atoms with E-state index in [2.05, 4.69) is 5.10 Å². The Balaban J connectivity index is 2.47. The molecule has 1 aromatic carbocycles. The van der Waals surface area contributed by atoms with Gasteiger partial charge in [-0.3, -0.25) is 14.8 Å². The Hall–Kier alpha value is -2.02. The maximum Gasteiger partial charge on any atom is 0.324 e. The minimum absolute atomic E-state index is 0.0225. The predicted molar refractivity (Wildman–Crippen MR) is 66.8 cm³/mol. The van der Waals surface area contributed by atoms with Gasteiger partial charge in [0.25, 0.3) is 0 Å². The van der Waals surface area contributed by atoms with Crippen molar-refractivity contribution in [3.63, 3.8) is 0 Å². The van der Waals surface area contributed by atoms with Crippen molar-refractivity contribution in [2.75, 3.05) is 0 Å². The second-order valence-electron chi connectivity index (χ2n) is 3.69. The molecular formula is C11H11N3O3S. The van der Waals surface area contributed by atoms with E-state index < -0.39 is 4.92 Å². The molecule has 2 aromatic rings. The summed E-state index contributed by atoms with van der Waals surface area (Å²) in [6, 6.07) is 6.70. The van der Waals surface area contributed by atoms with Crippen LogP contribution in [0.3, 0.4) is 0 Å². The van der Waals surface area contributed by atoms with Gasteiger partial charge in [-0.2, -0.15) is 5.10 Å². The molecule has 18 heavy (non-hydrogen) atoms. The van der Waals surface area contributed by atoms with Crippen LogP contribution in [0.5, 0.6) is 5.75 Å². The van der Waals surface area contributed by atoms with Crippen LogP contribution in [0.15, 0.2) is 34.2 Å². The number of hydrogen-bond donors (Lipinski definition) is 1. The van der Waals surface area contributed by atoms with Crippen molar-refractivity contribution in [3.05, 3.63) is 40.1 Å². The van der Waals surface area contributed by atoms with Crippen molar-refractivity contribution in [2.24, 2.45) is 7.05 Å². The molecule has 0 saturated heterocycles. The summed E-state index contributed by atoms with van der Waals surface area (Å²) in [5, 5.41) is 25.1. The molecule has 0 unspecified atom stereocenters. The fourth-order valence-corrected chi connectivity index (χ4v) is 2.62. The molecule has 7 heteroatoms. The number of phenols is 1. The van der Waals surface area contributed by atoms with Crippen LogP contribution >= 0.6 is 11.8 Å². The largest absolute Gasteiger partial charge is 0.507 e. The van der Waals surface area contributed by atoms with E-state index in [-0.39, 0.29) is 11.4 Å². The van der Waals surface area contributed by atoms with Crippen LogP contribution in [0, 0.1) is 17.0 Å². The van der Waals surface area contributed by atoms with Gasteiger partial charge in [-0.05, 0) is 19.1 Å². The van der Waals surface area contributed by atoms with Gasteiger partial charge in [0.1, 0.15) is 11.4 Å². The molecule has 1 aromatic heterocycles. The Morgan fingerprint density at radius 1 is 1.44 bits per heavy atom. The predicted octanol–water partition coefficient (Wildman–Crippen LogP) is 2.49. The van der Waals surface area contributed by atoms with Crippen LogP contribution in [-0.4, -0.2) is 19.8 Å². The topological polar surface area (TPSA) is 81.2 Å². The molecule has 0 aliphatic carbocycles. The second-order valence-corrected chi connectivity index (χ2v) is 4.72. The number of hydrogen-bond acceptors (Lipinski definition) is 5. The van der Waals surface area contributed by atoms with Gasteiger partial charge in [-0.25, -0.2) is 0 Å². The smallest absolute Gasteiger partial charge is 0.324 e. The molecule has 1 N–H and O–H groups in total. The summed E-state index contributed by atoms with van der Waals surface area (Å²) in [6.45, 7) is 1.59. The maximum absolute atomic E-state index is 11.0. The lowest BCUT2D eigenvalue weighted by Crippen LogP contribution is -1.94. The van der Waals surface area contributed by atoms with E-state index in [4.69, 9.17) is 0 Å². The SMILES string of the molecule is Cc1nn(C)c(Sc2ccccc2O)c1[N+](=O)[O-]. The molecule has 0 fully saturated rings. The lowest BCUT2D eigenvalue weighted by Gasteiger charge is -2.03. The van der Waals surface area contributed by atoms with Gasteiger partial charge < -0.3 is 5.11 Å². The van der Waals surface area contributed by atoms with E-state index in [1.54, 1.807) is 32.2 Å². The van der Waals surface area contributed by atoms with Gasteiger partial charge in [0, 0.05) is 7.05 Å². The zero-order chi connectivity index (χ0) is 13.3. The van der Waals surface area contributed by atoms with E-state index in [1.165, 1.54) is 10.7 Å². The number of aryl methyl sites for hydroxylation is 2. The Kier molecular flexibility index (Phi) is 3.24. The average molecular weight is 265 g/mol. The summed E-state index contributed by atoms with van der Waals surface area (Å²) < 4.78 is 1.45. The monoisotopic (exact) mass is 265 g/mol. The Bertz CT molecular complexity index is 610. The molecule has 6 nitrogen and oxygen atoms in total. The van der Waals surface area contributed by atoms with Gasteiger partial charge in [-0.1, -0.05) is 23.9 Å². The van der Waals surface area contributed by atoms with Crippen LogP contribution in [-0.2, 0) is 7.05 Å². The van der Waals surface area contributed by atoms with Gasteiger partial charge in [0.15, 0.2) is 5.03 Å². The molecule has 0 aliphatic rings. The first-order valence-corrected chi connectivity index (χ1v) is 5.96. The minimum Gasteiger partial charge on any atom is -0.507 e. The number of aromatic nitrogens is 2. The maximum atomic E-state index is 11.0. The number of benzene rings is 1. The van der Waals surface area contributed by atoms with Crippen molar-refractivity contribution >= 4 is 17.4 Å². The highest BCUT2D eigenvalue weighted by atomic mass is 32.2. The van der Waals surface area contributed by atoms with Crippen LogP contribution in [0.4, 0.5) is 5.69 Å². The van der Waals surface area contributed by atoms with Gasteiger partial charge in [-0.15, -0.1) is 0 Å². The molecule has 0 amide bonds. The van der Waals surface area contributed by atoms with Crippen LogP contribution in [0.2, 0.25) is 0 Å². The van der Waals surface area contributed by atoms with E-state index in [0.717, 1.165) is 11.8 Å². The highest BCUT2D eigenvalue weighted by Gasteiger charge is 2.25. The fraction of sp³-hybridized carbons (Fsp3) is 0.182. The summed E-state index contributed by atoms with van der Waals surface area (Å²) in [6.07, 6.45) is 0. The van der Waals surface area contributed by atoms with Crippen molar-refractivity contribution in [1.29, 1.82) is 0 Å². The Labute approximate surface area is 107 Å². The van der Waals surface area contributed by atoms with Crippen molar-refractivity contribution in [1.82, 2.24) is 9.78 Å². The lowest BCUT2D eigenvalue weighted by molar-refractivity contribution is -0.388. The standard InChI is InChI=1S/C11H11N3O3S/c1-7-10(14(16)17)11(13(2)12-7)18-9-6-4-3-5-8(9)15/h3-6,15H,1-2H3. The summed E-state index contributed by atoms with van der Waals surface area (Å²) >= 11 is 1.13. The van der Waals surface area contributed by atoms with Crippen LogP contribution in [0.25, 0.3) is 0 Å². The normalized spacial score (nSPS) is 10.6. The zero-order valence-electron chi connectivity index (χ0n) is 9.82. The third-order valence-electron chi connectivity index (χ3n) is 2.39. The summed E-state index contributed by atoms with van der Waals surface area (Å²) in [4.78, 5) is 11.1. The number of aromatic hydroxyl groups is 1. The van der Waals surface area contributed by atoms with Gasteiger partial charge in [0.05, 0.1) is 9.82 Å².